The Bertz CT molecular complexity index is 365. The first kappa shape index (κ1) is 15.7. The van der Waals surface area contributed by atoms with Crippen molar-refractivity contribution in [2.75, 3.05) is 13.2 Å². The van der Waals surface area contributed by atoms with Crippen molar-refractivity contribution in [3.05, 3.63) is 0 Å². The zero-order valence-corrected chi connectivity index (χ0v) is 10.3. The number of nitrogens with one attached hydrogen (secondary N) is 1. The van der Waals surface area contributed by atoms with Gasteiger partial charge in [-0.2, -0.15) is 8.78 Å². The molecule has 5 nitrogen and oxygen atoms in total. The summed E-state index contributed by atoms with van der Waals surface area (Å²) in [6.07, 6.45) is -4.98. The van der Waals surface area contributed by atoms with E-state index in [4.69, 9.17) is 0 Å². The SMILES string of the molecule is CC1CN(C(C)OCC(F)(F)C(F)F)C(=O)NC1=O. The van der Waals surface area contributed by atoms with Gasteiger partial charge in [0.05, 0.1) is 5.92 Å². The van der Waals surface area contributed by atoms with Gasteiger partial charge >= 0.3 is 18.4 Å². The number of rotatable bonds is 5. The first-order chi connectivity index (χ1) is 8.65. The average molecular weight is 286 g/mol. The van der Waals surface area contributed by atoms with Crippen molar-refractivity contribution in [3.8, 4) is 0 Å². The summed E-state index contributed by atoms with van der Waals surface area (Å²) in [5.74, 6) is -5.28. The fourth-order valence-corrected chi connectivity index (χ4v) is 1.46. The highest BCUT2D eigenvalue weighted by Crippen LogP contribution is 2.24. The summed E-state index contributed by atoms with van der Waals surface area (Å²) >= 11 is 0. The minimum Gasteiger partial charge on any atom is -0.352 e. The normalized spacial score (nSPS) is 22.7. The van der Waals surface area contributed by atoms with Gasteiger partial charge in [-0.15, -0.1) is 0 Å². The van der Waals surface area contributed by atoms with E-state index in [2.05, 4.69) is 4.74 Å². The van der Waals surface area contributed by atoms with Gasteiger partial charge in [0.2, 0.25) is 5.91 Å². The van der Waals surface area contributed by atoms with Gasteiger partial charge in [0.25, 0.3) is 0 Å². The van der Waals surface area contributed by atoms with Crippen LogP contribution < -0.4 is 5.32 Å². The van der Waals surface area contributed by atoms with E-state index in [1.165, 1.54) is 13.8 Å². The van der Waals surface area contributed by atoms with E-state index in [1.807, 2.05) is 5.32 Å². The van der Waals surface area contributed by atoms with Crippen molar-refractivity contribution >= 4 is 11.9 Å². The van der Waals surface area contributed by atoms with E-state index >= 15 is 0 Å². The highest BCUT2D eigenvalue weighted by molar-refractivity contribution is 5.97. The zero-order valence-electron chi connectivity index (χ0n) is 10.3. The molecule has 9 heteroatoms. The quantitative estimate of drug-likeness (QED) is 0.778. The largest absolute Gasteiger partial charge is 0.352 e. The highest BCUT2D eigenvalue weighted by atomic mass is 19.3. The van der Waals surface area contributed by atoms with Crippen LogP contribution in [0, 0.1) is 5.92 Å². The Labute approximate surface area is 106 Å². The summed E-state index contributed by atoms with van der Waals surface area (Å²) in [5, 5.41) is 2.01. The monoisotopic (exact) mass is 286 g/mol. The van der Waals surface area contributed by atoms with Crippen molar-refractivity contribution in [1.29, 1.82) is 0 Å². The molecule has 1 saturated heterocycles. The molecule has 1 aliphatic heterocycles. The van der Waals surface area contributed by atoms with E-state index < -0.39 is 43.0 Å². The van der Waals surface area contributed by atoms with Gasteiger partial charge < -0.3 is 4.74 Å². The second kappa shape index (κ2) is 5.72. The Morgan fingerprint density at radius 2 is 2.05 bits per heavy atom. The second-order valence-corrected chi connectivity index (χ2v) is 4.32. The molecule has 110 valence electrons. The highest BCUT2D eigenvalue weighted by Gasteiger charge is 2.42. The molecule has 1 heterocycles. The lowest BCUT2D eigenvalue weighted by Crippen LogP contribution is -2.57. The molecule has 2 unspecified atom stereocenters. The fraction of sp³-hybridized carbons (Fsp3) is 0.800. The van der Waals surface area contributed by atoms with E-state index in [0.717, 1.165) is 4.90 Å². The number of carbonyl (C=O) groups excluding carboxylic acids is 2. The van der Waals surface area contributed by atoms with Crippen LogP contribution in [0.15, 0.2) is 0 Å². The number of hydrogen-bond donors (Lipinski definition) is 1. The lowest BCUT2D eigenvalue weighted by atomic mass is 10.1. The number of hydrogen-bond acceptors (Lipinski definition) is 3. The Morgan fingerprint density at radius 3 is 2.58 bits per heavy atom. The van der Waals surface area contributed by atoms with Crippen LogP contribution in [0.5, 0.6) is 0 Å². The van der Waals surface area contributed by atoms with E-state index in [1.54, 1.807) is 0 Å². The molecule has 1 aliphatic rings. The van der Waals surface area contributed by atoms with Crippen LogP contribution in [-0.4, -0.2) is 48.6 Å². The maximum absolute atomic E-state index is 12.7. The van der Waals surface area contributed by atoms with Gasteiger partial charge in [-0.3, -0.25) is 15.0 Å². The minimum atomic E-state index is -4.28. The summed E-state index contributed by atoms with van der Waals surface area (Å²) < 4.78 is 53.8. The Hall–Kier alpha value is -1.38. The summed E-state index contributed by atoms with van der Waals surface area (Å²) in [6.45, 7) is 1.28. The molecule has 0 aromatic rings. The standard InChI is InChI=1S/C10H14F4N2O3/c1-5-3-16(9(18)15-7(5)17)6(2)19-4-10(13,14)8(11)12/h5-6,8H,3-4H2,1-2H3,(H,15,17,18). The molecule has 1 rings (SSSR count). The van der Waals surface area contributed by atoms with Gasteiger partial charge in [0, 0.05) is 6.54 Å². The molecular weight excluding hydrogens is 272 g/mol. The van der Waals surface area contributed by atoms with Crippen molar-refractivity contribution < 1.29 is 31.9 Å². The number of ether oxygens (including phenoxy) is 1. The van der Waals surface area contributed by atoms with Crippen LogP contribution >= 0.6 is 0 Å². The third kappa shape index (κ3) is 3.79. The molecule has 3 amide bonds. The Kier molecular flexibility index (Phi) is 4.72. The second-order valence-electron chi connectivity index (χ2n) is 4.32. The Morgan fingerprint density at radius 1 is 1.47 bits per heavy atom. The Balaban J connectivity index is 2.56. The smallest absolute Gasteiger partial charge is 0.330 e. The summed E-state index contributed by atoms with van der Waals surface area (Å²) in [4.78, 5) is 23.6. The van der Waals surface area contributed by atoms with Crippen LogP contribution in [0.4, 0.5) is 22.4 Å². The van der Waals surface area contributed by atoms with Gasteiger partial charge in [-0.05, 0) is 6.92 Å². The molecule has 1 N–H and O–H groups in total. The molecule has 0 aliphatic carbocycles. The van der Waals surface area contributed by atoms with Gasteiger partial charge in [0.15, 0.2) is 0 Å². The molecule has 0 aromatic heterocycles. The number of urea groups is 1. The number of amides is 3. The molecule has 0 bridgehead atoms. The molecule has 0 aromatic carbocycles. The number of nitrogens with zero attached hydrogens (tertiary/aromatic N) is 1. The molecular formula is C10H14F4N2O3. The van der Waals surface area contributed by atoms with Crippen LogP contribution in [0.2, 0.25) is 0 Å². The van der Waals surface area contributed by atoms with E-state index in [0.29, 0.717) is 0 Å². The predicted octanol–water partition coefficient (Wildman–Crippen LogP) is 1.44. The minimum absolute atomic E-state index is 0.0217. The molecule has 19 heavy (non-hydrogen) atoms. The van der Waals surface area contributed by atoms with Crippen LogP contribution in [0.3, 0.4) is 0 Å². The number of halogens is 4. The lowest BCUT2D eigenvalue weighted by molar-refractivity contribution is -0.187. The van der Waals surface area contributed by atoms with E-state index in [9.17, 15) is 27.2 Å². The average Bonchev–Trinajstić information content (AvgIpc) is 2.30. The van der Waals surface area contributed by atoms with Crippen molar-refractivity contribution in [3.63, 3.8) is 0 Å². The molecule has 0 spiro atoms. The predicted molar refractivity (Wildman–Crippen MR) is 55.8 cm³/mol. The third-order valence-electron chi connectivity index (χ3n) is 2.68. The van der Waals surface area contributed by atoms with Crippen molar-refractivity contribution in [2.45, 2.75) is 32.4 Å². The summed E-state index contributed by atoms with van der Waals surface area (Å²) in [6, 6.07) is -0.795. The van der Waals surface area contributed by atoms with Crippen molar-refractivity contribution in [2.24, 2.45) is 5.92 Å². The molecule has 2 atom stereocenters. The number of carbonyl (C=O) groups is 2. The van der Waals surface area contributed by atoms with Crippen molar-refractivity contribution in [1.82, 2.24) is 10.2 Å². The first-order valence-electron chi connectivity index (χ1n) is 5.54. The maximum atomic E-state index is 12.7. The topological polar surface area (TPSA) is 58.6 Å². The number of imide groups is 1. The summed E-state index contributed by atoms with van der Waals surface area (Å²) in [5.41, 5.74) is 0. The van der Waals surface area contributed by atoms with Crippen LogP contribution in [-0.2, 0) is 9.53 Å². The van der Waals surface area contributed by atoms with Gasteiger partial charge in [-0.25, -0.2) is 13.6 Å². The van der Waals surface area contributed by atoms with Gasteiger partial charge in [0.1, 0.15) is 12.8 Å². The molecule has 0 saturated carbocycles. The zero-order chi connectivity index (χ0) is 14.8. The number of alkyl halides is 4. The molecule has 0 radical (unpaired) electrons. The fourth-order valence-electron chi connectivity index (χ4n) is 1.46. The van der Waals surface area contributed by atoms with Gasteiger partial charge in [-0.1, -0.05) is 6.92 Å². The first-order valence-corrected chi connectivity index (χ1v) is 5.54. The maximum Gasteiger partial charge on any atom is 0.330 e. The van der Waals surface area contributed by atoms with Crippen LogP contribution in [0.25, 0.3) is 0 Å². The van der Waals surface area contributed by atoms with E-state index in [-0.39, 0.29) is 6.54 Å². The van der Waals surface area contributed by atoms with Crippen LogP contribution in [0.1, 0.15) is 13.8 Å². The lowest BCUT2D eigenvalue weighted by Gasteiger charge is -2.35. The summed E-state index contributed by atoms with van der Waals surface area (Å²) in [7, 11) is 0. The molecule has 1 fully saturated rings. The third-order valence-corrected chi connectivity index (χ3v) is 2.68.